The Balaban J connectivity index is 1.60. The van der Waals surface area contributed by atoms with Crippen molar-refractivity contribution < 1.29 is 9.59 Å². The van der Waals surface area contributed by atoms with Gasteiger partial charge in [-0.3, -0.25) is 9.59 Å². The van der Waals surface area contributed by atoms with Crippen LogP contribution in [0.4, 0.5) is 5.69 Å². The van der Waals surface area contributed by atoms with Crippen molar-refractivity contribution >= 4 is 17.5 Å². The number of hydrogen-bond donors (Lipinski definition) is 3. The summed E-state index contributed by atoms with van der Waals surface area (Å²) < 4.78 is 0. The van der Waals surface area contributed by atoms with Crippen molar-refractivity contribution in [1.82, 2.24) is 10.6 Å². The molecule has 2 aliphatic rings. The topological polar surface area (TPSA) is 70.2 Å². The van der Waals surface area contributed by atoms with Gasteiger partial charge < -0.3 is 16.0 Å². The van der Waals surface area contributed by atoms with E-state index in [0.717, 1.165) is 36.2 Å². The van der Waals surface area contributed by atoms with Gasteiger partial charge in [0.05, 0.1) is 12.5 Å². The van der Waals surface area contributed by atoms with Gasteiger partial charge in [-0.25, -0.2) is 0 Å². The van der Waals surface area contributed by atoms with Gasteiger partial charge in [0.15, 0.2) is 0 Å². The Morgan fingerprint density at radius 3 is 3.10 bits per heavy atom. The minimum absolute atomic E-state index is 0.0335. The van der Waals surface area contributed by atoms with Crippen molar-refractivity contribution in [2.24, 2.45) is 0 Å². The summed E-state index contributed by atoms with van der Waals surface area (Å²) in [6.07, 6.45) is 3.19. The maximum absolute atomic E-state index is 12.1. The zero-order chi connectivity index (χ0) is 14.8. The molecule has 5 heteroatoms. The summed E-state index contributed by atoms with van der Waals surface area (Å²) >= 11 is 0. The van der Waals surface area contributed by atoms with E-state index in [1.54, 1.807) is 0 Å². The first-order valence-electron chi connectivity index (χ1n) is 7.57. The largest absolute Gasteiger partial charge is 0.350 e. The number of carbonyl (C=O) groups excluding carboxylic acids is 2. The van der Waals surface area contributed by atoms with Gasteiger partial charge in [0, 0.05) is 18.2 Å². The molecule has 2 amide bonds. The highest BCUT2D eigenvalue weighted by Crippen LogP contribution is 2.26. The fourth-order valence-corrected chi connectivity index (χ4v) is 3.06. The zero-order valence-electron chi connectivity index (χ0n) is 12.2. The van der Waals surface area contributed by atoms with Gasteiger partial charge in [0.25, 0.3) is 0 Å². The van der Waals surface area contributed by atoms with Crippen molar-refractivity contribution in [2.45, 2.75) is 44.7 Å². The number of rotatable bonds is 4. The molecule has 0 radical (unpaired) electrons. The lowest BCUT2D eigenvalue weighted by Crippen LogP contribution is -2.33. The second kappa shape index (κ2) is 5.85. The van der Waals surface area contributed by atoms with Crippen LogP contribution in [0, 0.1) is 0 Å². The van der Waals surface area contributed by atoms with Crippen LogP contribution in [-0.2, 0) is 16.0 Å². The molecule has 2 unspecified atom stereocenters. The quantitative estimate of drug-likeness (QED) is 0.786. The Hall–Kier alpha value is -1.88. The minimum atomic E-state index is -0.0418. The molecule has 21 heavy (non-hydrogen) atoms. The van der Waals surface area contributed by atoms with Crippen LogP contribution < -0.4 is 16.0 Å². The Morgan fingerprint density at radius 1 is 1.48 bits per heavy atom. The molecule has 0 spiro atoms. The highest BCUT2D eigenvalue weighted by molar-refractivity contribution is 5.99. The van der Waals surface area contributed by atoms with Crippen LogP contribution in [0.1, 0.15) is 43.4 Å². The summed E-state index contributed by atoms with van der Waals surface area (Å²) in [7, 11) is 0. The van der Waals surface area contributed by atoms with E-state index in [0.29, 0.717) is 18.9 Å². The Morgan fingerprint density at radius 2 is 2.33 bits per heavy atom. The van der Waals surface area contributed by atoms with Gasteiger partial charge >= 0.3 is 0 Å². The third-order valence-corrected chi connectivity index (χ3v) is 4.23. The second-order valence-electron chi connectivity index (χ2n) is 5.93. The van der Waals surface area contributed by atoms with Gasteiger partial charge in [-0.1, -0.05) is 12.1 Å². The van der Waals surface area contributed by atoms with Crippen molar-refractivity contribution in [3.63, 3.8) is 0 Å². The van der Waals surface area contributed by atoms with Gasteiger partial charge in [-0.05, 0) is 43.5 Å². The summed E-state index contributed by atoms with van der Waals surface area (Å²) in [6.45, 7) is 2.99. The van der Waals surface area contributed by atoms with Crippen LogP contribution in [0.2, 0.25) is 0 Å². The number of amides is 2. The van der Waals surface area contributed by atoms with E-state index in [2.05, 4.69) is 16.0 Å². The van der Waals surface area contributed by atoms with E-state index in [-0.39, 0.29) is 17.9 Å². The maximum Gasteiger partial charge on any atom is 0.228 e. The molecule has 1 saturated heterocycles. The maximum atomic E-state index is 12.1. The summed E-state index contributed by atoms with van der Waals surface area (Å²) in [5.74, 6) is 0.114. The number of fused-ring (bicyclic) bond motifs is 1. The number of nitrogens with one attached hydrogen (secondary N) is 3. The second-order valence-corrected chi connectivity index (χ2v) is 5.93. The van der Waals surface area contributed by atoms with Gasteiger partial charge in [0.2, 0.25) is 11.8 Å². The first kappa shape index (κ1) is 14.1. The molecule has 0 bridgehead atoms. The first-order chi connectivity index (χ1) is 10.1. The molecular weight excluding hydrogens is 266 g/mol. The molecular formula is C16H21N3O2. The average Bonchev–Trinajstić information content (AvgIpc) is 3.05. The van der Waals surface area contributed by atoms with Crippen LogP contribution in [0.3, 0.4) is 0 Å². The fourth-order valence-electron chi connectivity index (χ4n) is 3.06. The molecule has 1 aromatic rings. The molecule has 2 atom stereocenters. The lowest BCUT2D eigenvalue weighted by atomic mass is 10.0. The van der Waals surface area contributed by atoms with E-state index in [1.165, 1.54) is 0 Å². The van der Waals surface area contributed by atoms with Gasteiger partial charge in [-0.2, -0.15) is 0 Å². The van der Waals surface area contributed by atoms with E-state index >= 15 is 0 Å². The van der Waals surface area contributed by atoms with Gasteiger partial charge in [0.1, 0.15) is 0 Å². The summed E-state index contributed by atoms with van der Waals surface area (Å²) in [5, 5.41) is 9.19. The third-order valence-electron chi connectivity index (χ3n) is 4.23. The van der Waals surface area contributed by atoms with E-state index in [4.69, 9.17) is 0 Å². The first-order valence-corrected chi connectivity index (χ1v) is 7.57. The van der Waals surface area contributed by atoms with E-state index in [1.807, 2.05) is 25.1 Å². The van der Waals surface area contributed by atoms with Crippen LogP contribution in [0.5, 0.6) is 0 Å². The van der Waals surface area contributed by atoms with Crippen LogP contribution in [0.15, 0.2) is 18.2 Å². The van der Waals surface area contributed by atoms with Crippen molar-refractivity contribution in [1.29, 1.82) is 0 Å². The average molecular weight is 287 g/mol. The lowest BCUT2D eigenvalue weighted by Gasteiger charge is -2.17. The van der Waals surface area contributed by atoms with E-state index in [9.17, 15) is 9.59 Å². The van der Waals surface area contributed by atoms with E-state index < -0.39 is 0 Å². The minimum Gasteiger partial charge on any atom is -0.350 e. The molecule has 0 aromatic heterocycles. The summed E-state index contributed by atoms with van der Waals surface area (Å²) in [5.41, 5.74) is 2.94. The Bertz CT molecular complexity index is 565. The number of anilines is 1. The molecule has 1 aromatic carbocycles. The standard InChI is InChI=1S/C16H21N3O2/c1-10(18-16(21)9-13-3-2-6-17-13)11-4-5-14-12(7-11)8-15(20)19-14/h4-5,7,10,13,17H,2-3,6,8-9H2,1H3,(H,18,21)(H,19,20). The molecule has 3 N–H and O–H groups in total. The molecule has 112 valence electrons. The SMILES string of the molecule is CC(NC(=O)CC1CCCN1)c1ccc2c(c1)CC(=O)N2. The smallest absolute Gasteiger partial charge is 0.228 e. The molecule has 2 aliphatic heterocycles. The number of benzene rings is 1. The van der Waals surface area contributed by atoms with Crippen LogP contribution in [-0.4, -0.2) is 24.4 Å². The van der Waals surface area contributed by atoms with Crippen molar-refractivity contribution in [3.8, 4) is 0 Å². The molecule has 1 fully saturated rings. The Kier molecular flexibility index (Phi) is 3.92. The number of hydrogen-bond acceptors (Lipinski definition) is 3. The van der Waals surface area contributed by atoms with Crippen LogP contribution >= 0.6 is 0 Å². The highest BCUT2D eigenvalue weighted by atomic mass is 16.2. The monoisotopic (exact) mass is 287 g/mol. The normalized spacial score (nSPS) is 21.8. The molecule has 3 rings (SSSR count). The molecule has 2 heterocycles. The van der Waals surface area contributed by atoms with Crippen molar-refractivity contribution in [3.05, 3.63) is 29.3 Å². The lowest BCUT2D eigenvalue weighted by molar-refractivity contribution is -0.122. The van der Waals surface area contributed by atoms with Crippen LogP contribution in [0.25, 0.3) is 0 Å². The molecule has 0 saturated carbocycles. The molecule has 0 aliphatic carbocycles. The summed E-state index contributed by atoms with van der Waals surface area (Å²) in [4.78, 5) is 23.4. The Labute approximate surface area is 124 Å². The van der Waals surface area contributed by atoms with Gasteiger partial charge in [-0.15, -0.1) is 0 Å². The zero-order valence-corrected chi connectivity index (χ0v) is 12.2. The summed E-state index contributed by atoms with van der Waals surface area (Å²) in [6, 6.07) is 6.16. The predicted octanol–water partition coefficient (Wildman–Crippen LogP) is 1.50. The number of carbonyl (C=O) groups is 2. The highest BCUT2D eigenvalue weighted by Gasteiger charge is 2.21. The third kappa shape index (κ3) is 3.24. The molecule has 5 nitrogen and oxygen atoms in total. The van der Waals surface area contributed by atoms with Crippen molar-refractivity contribution in [2.75, 3.05) is 11.9 Å². The predicted molar refractivity (Wildman–Crippen MR) is 81.0 cm³/mol. The fraction of sp³-hybridized carbons (Fsp3) is 0.500.